The average Bonchev–Trinajstić information content (AvgIpc) is 2.18. The lowest BCUT2D eigenvalue weighted by Crippen LogP contribution is -2.20. The Balaban J connectivity index is 3.04. The van der Waals surface area contributed by atoms with Crippen molar-refractivity contribution in [2.45, 2.75) is 26.7 Å². The van der Waals surface area contributed by atoms with E-state index in [0.29, 0.717) is 5.75 Å². The zero-order valence-corrected chi connectivity index (χ0v) is 9.91. The maximum Gasteiger partial charge on any atom is 0.255 e. The van der Waals surface area contributed by atoms with E-state index >= 15 is 0 Å². The highest BCUT2D eigenvalue weighted by atomic mass is 16.5. The van der Waals surface area contributed by atoms with Crippen LogP contribution in [0, 0.1) is 6.92 Å². The van der Waals surface area contributed by atoms with E-state index in [1.54, 1.807) is 0 Å². The minimum atomic E-state index is -0.482. The van der Waals surface area contributed by atoms with Gasteiger partial charge in [0.25, 0.3) is 5.91 Å². The van der Waals surface area contributed by atoms with Crippen LogP contribution in [0.1, 0.15) is 30.9 Å². The Labute approximate surface area is 95.6 Å². The Kier molecular flexibility index (Phi) is 3.77. The second kappa shape index (κ2) is 4.88. The molecule has 4 N–H and O–H groups in total. The standard InChI is InChI=1S/C12H18N2O2/c1-7(2)9-5-10(13)8(3)4-11(9)16-6-12(14)15/h4-5,7H,6,13H2,1-3H3,(H2,14,15). The predicted octanol–water partition coefficient (Wildman–Crippen LogP) is 1.56. The first-order chi connectivity index (χ1) is 7.41. The third kappa shape index (κ3) is 2.89. The Morgan fingerprint density at radius 1 is 1.44 bits per heavy atom. The van der Waals surface area contributed by atoms with E-state index in [4.69, 9.17) is 16.2 Å². The Bertz CT molecular complexity index is 400. The van der Waals surface area contributed by atoms with Crippen molar-refractivity contribution in [3.8, 4) is 5.75 Å². The number of carbonyl (C=O) groups excluding carboxylic acids is 1. The molecule has 0 heterocycles. The van der Waals surface area contributed by atoms with E-state index in [9.17, 15) is 4.79 Å². The Morgan fingerprint density at radius 3 is 2.56 bits per heavy atom. The number of hydrogen-bond donors (Lipinski definition) is 2. The van der Waals surface area contributed by atoms with Crippen LogP contribution in [0.3, 0.4) is 0 Å². The number of rotatable bonds is 4. The van der Waals surface area contributed by atoms with Gasteiger partial charge in [-0.25, -0.2) is 0 Å². The summed E-state index contributed by atoms with van der Waals surface area (Å²) in [5.41, 5.74) is 13.5. The number of primary amides is 1. The van der Waals surface area contributed by atoms with Gasteiger partial charge in [0, 0.05) is 5.69 Å². The molecule has 1 rings (SSSR count). The summed E-state index contributed by atoms with van der Waals surface area (Å²) in [6.45, 7) is 5.88. The van der Waals surface area contributed by atoms with Gasteiger partial charge in [0.15, 0.2) is 6.61 Å². The lowest BCUT2D eigenvalue weighted by Gasteiger charge is -2.15. The molecule has 0 unspecified atom stereocenters. The van der Waals surface area contributed by atoms with Crippen molar-refractivity contribution in [1.82, 2.24) is 0 Å². The Hall–Kier alpha value is -1.71. The molecule has 0 aliphatic carbocycles. The SMILES string of the molecule is Cc1cc(OCC(N)=O)c(C(C)C)cc1N. The highest BCUT2D eigenvalue weighted by molar-refractivity contribution is 5.75. The lowest BCUT2D eigenvalue weighted by atomic mass is 9.99. The van der Waals surface area contributed by atoms with Gasteiger partial charge in [-0.05, 0) is 36.1 Å². The highest BCUT2D eigenvalue weighted by Crippen LogP contribution is 2.30. The molecule has 4 heteroatoms. The van der Waals surface area contributed by atoms with Crippen molar-refractivity contribution in [2.24, 2.45) is 5.73 Å². The molecule has 0 saturated heterocycles. The molecule has 4 nitrogen and oxygen atoms in total. The van der Waals surface area contributed by atoms with Gasteiger partial charge in [0.2, 0.25) is 0 Å². The molecule has 0 atom stereocenters. The maximum atomic E-state index is 10.7. The second-order valence-electron chi connectivity index (χ2n) is 4.16. The van der Waals surface area contributed by atoms with Gasteiger partial charge in [-0.15, -0.1) is 0 Å². The van der Waals surface area contributed by atoms with Crippen molar-refractivity contribution in [2.75, 3.05) is 12.3 Å². The van der Waals surface area contributed by atoms with Gasteiger partial charge in [-0.2, -0.15) is 0 Å². The van der Waals surface area contributed by atoms with E-state index in [0.717, 1.165) is 16.8 Å². The maximum absolute atomic E-state index is 10.7. The van der Waals surface area contributed by atoms with Crippen molar-refractivity contribution >= 4 is 11.6 Å². The summed E-state index contributed by atoms with van der Waals surface area (Å²) < 4.78 is 5.37. The van der Waals surface area contributed by atoms with Crippen molar-refractivity contribution in [3.63, 3.8) is 0 Å². The quantitative estimate of drug-likeness (QED) is 0.759. The minimum absolute atomic E-state index is 0.108. The molecule has 0 fully saturated rings. The van der Waals surface area contributed by atoms with Gasteiger partial charge < -0.3 is 16.2 Å². The van der Waals surface area contributed by atoms with Crippen LogP contribution in [0.2, 0.25) is 0 Å². The molecule has 1 aromatic carbocycles. The van der Waals surface area contributed by atoms with Gasteiger partial charge in [-0.3, -0.25) is 4.79 Å². The fraction of sp³-hybridized carbons (Fsp3) is 0.417. The zero-order chi connectivity index (χ0) is 12.3. The number of amides is 1. The molecule has 0 aliphatic heterocycles. The average molecular weight is 222 g/mol. The van der Waals surface area contributed by atoms with Crippen LogP contribution in [0.15, 0.2) is 12.1 Å². The number of nitrogens with two attached hydrogens (primary N) is 2. The first-order valence-corrected chi connectivity index (χ1v) is 5.23. The normalized spacial score (nSPS) is 10.5. The summed E-state index contributed by atoms with van der Waals surface area (Å²) in [6.07, 6.45) is 0. The van der Waals surface area contributed by atoms with Crippen LogP contribution in [-0.4, -0.2) is 12.5 Å². The van der Waals surface area contributed by atoms with E-state index in [-0.39, 0.29) is 12.5 Å². The molecule has 0 saturated carbocycles. The molecule has 0 radical (unpaired) electrons. The van der Waals surface area contributed by atoms with Crippen LogP contribution in [-0.2, 0) is 4.79 Å². The topological polar surface area (TPSA) is 78.3 Å². The zero-order valence-electron chi connectivity index (χ0n) is 9.91. The van der Waals surface area contributed by atoms with Crippen molar-refractivity contribution in [3.05, 3.63) is 23.3 Å². The molecule has 1 aromatic rings. The smallest absolute Gasteiger partial charge is 0.255 e. The molecule has 0 spiro atoms. The molecule has 0 bridgehead atoms. The molecule has 0 aromatic heterocycles. The fourth-order valence-corrected chi connectivity index (χ4v) is 1.44. The van der Waals surface area contributed by atoms with Crippen LogP contribution in [0.5, 0.6) is 5.75 Å². The summed E-state index contributed by atoms with van der Waals surface area (Å²) >= 11 is 0. The molecule has 1 amide bonds. The van der Waals surface area contributed by atoms with Gasteiger partial charge in [0.1, 0.15) is 5.75 Å². The largest absolute Gasteiger partial charge is 0.483 e. The number of anilines is 1. The predicted molar refractivity (Wildman–Crippen MR) is 64.4 cm³/mol. The van der Waals surface area contributed by atoms with E-state index < -0.39 is 5.91 Å². The van der Waals surface area contributed by atoms with Crippen LogP contribution >= 0.6 is 0 Å². The molecule has 0 aliphatic rings. The fourth-order valence-electron chi connectivity index (χ4n) is 1.44. The van der Waals surface area contributed by atoms with Crippen LogP contribution in [0.25, 0.3) is 0 Å². The summed E-state index contributed by atoms with van der Waals surface area (Å²) in [4.78, 5) is 10.7. The third-order valence-corrected chi connectivity index (χ3v) is 2.39. The second-order valence-corrected chi connectivity index (χ2v) is 4.16. The van der Waals surface area contributed by atoms with E-state index in [2.05, 4.69) is 0 Å². The summed E-state index contributed by atoms with van der Waals surface area (Å²) in [5.74, 6) is 0.482. The number of hydrogen-bond acceptors (Lipinski definition) is 3. The van der Waals surface area contributed by atoms with E-state index in [1.165, 1.54) is 0 Å². The number of aryl methyl sites for hydroxylation is 1. The van der Waals surface area contributed by atoms with Crippen LogP contribution < -0.4 is 16.2 Å². The highest BCUT2D eigenvalue weighted by Gasteiger charge is 2.11. The molecular weight excluding hydrogens is 204 g/mol. The third-order valence-electron chi connectivity index (χ3n) is 2.39. The van der Waals surface area contributed by atoms with Gasteiger partial charge in [0.05, 0.1) is 0 Å². The van der Waals surface area contributed by atoms with Gasteiger partial charge >= 0.3 is 0 Å². The van der Waals surface area contributed by atoms with E-state index in [1.807, 2.05) is 32.9 Å². The number of ether oxygens (including phenoxy) is 1. The first-order valence-electron chi connectivity index (χ1n) is 5.23. The number of benzene rings is 1. The first kappa shape index (κ1) is 12.4. The van der Waals surface area contributed by atoms with Gasteiger partial charge in [-0.1, -0.05) is 13.8 Å². The van der Waals surface area contributed by atoms with Crippen LogP contribution in [0.4, 0.5) is 5.69 Å². The van der Waals surface area contributed by atoms with Crippen molar-refractivity contribution in [1.29, 1.82) is 0 Å². The number of carbonyl (C=O) groups is 1. The summed E-state index contributed by atoms with van der Waals surface area (Å²) in [7, 11) is 0. The summed E-state index contributed by atoms with van der Waals surface area (Å²) in [5, 5.41) is 0. The molecule has 16 heavy (non-hydrogen) atoms. The monoisotopic (exact) mass is 222 g/mol. The summed E-state index contributed by atoms with van der Waals surface area (Å²) in [6, 6.07) is 3.73. The minimum Gasteiger partial charge on any atom is -0.483 e. The number of nitrogen functional groups attached to an aromatic ring is 1. The Morgan fingerprint density at radius 2 is 2.06 bits per heavy atom. The molecule has 88 valence electrons. The lowest BCUT2D eigenvalue weighted by molar-refractivity contribution is -0.119. The van der Waals surface area contributed by atoms with Crippen molar-refractivity contribution < 1.29 is 9.53 Å². The molecular formula is C12H18N2O2.